The van der Waals surface area contributed by atoms with Gasteiger partial charge in [-0.05, 0) is 18.2 Å². The molecule has 1 aliphatic carbocycles. The molecule has 5 heteroatoms. The first-order chi connectivity index (χ1) is 5.43. The van der Waals surface area contributed by atoms with Gasteiger partial charge in [-0.2, -0.15) is 0 Å². The summed E-state index contributed by atoms with van der Waals surface area (Å²) in [7, 11) is 0. The van der Waals surface area contributed by atoms with Crippen molar-refractivity contribution >= 4 is 17.6 Å². The highest BCUT2D eigenvalue weighted by atomic mass is 35.5. The number of aliphatic carboxylic acids is 1. The number of carboxylic acid groups (broad SMARTS) is 1. The zero-order valence-electron chi connectivity index (χ0n) is 6.20. The van der Waals surface area contributed by atoms with E-state index in [0.717, 1.165) is 0 Å². The van der Waals surface area contributed by atoms with Gasteiger partial charge in [0.1, 0.15) is 11.6 Å². The highest BCUT2D eigenvalue weighted by molar-refractivity contribution is 6.31. The Morgan fingerprint density at radius 3 is 2.67 bits per heavy atom. The predicted octanol–water partition coefficient (Wildman–Crippen LogP) is -0.00660. The van der Waals surface area contributed by atoms with Crippen LogP contribution in [0.4, 0.5) is 0 Å². The number of hydrogen-bond acceptors (Lipinski definition) is 3. The van der Waals surface area contributed by atoms with Crippen molar-refractivity contribution in [1.29, 1.82) is 0 Å². The van der Waals surface area contributed by atoms with Gasteiger partial charge in [-0.1, -0.05) is 11.6 Å². The fourth-order valence-corrected chi connectivity index (χ4v) is 1.16. The number of rotatable bonds is 1. The Labute approximate surface area is 74.5 Å². The van der Waals surface area contributed by atoms with Crippen LogP contribution in [0.5, 0.6) is 0 Å². The van der Waals surface area contributed by atoms with Gasteiger partial charge in [0.25, 0.3) is 0 Å². The molecular weight excluding hydrogens is 180 g/mol. The zero-order chi connectivity index (χ0) is 9.35. The highest BCUT2D eigenvalue weighted by Crippen LogP contribution is 2.23. The summed E-state index contributed by atoms with van der Waals surface area (Å²) in [5, 5.41) is 9.04. The average Bonchev–Trinajstić information content (AvgIpc) is 1.94. The SMILES string of the molecule is NC1(N)C=CC(Cl)=CC1C(=O)O. The maximum atomic E-state index is 10.6. The first-order valence-corrected chi connectivity index (χ1v) is 3.68. The Kier molecular flexibility index (Phi) is 2.23. The monoisotopic (exact) mass is 188 g/mol. The first-order valence-electron chi connectivity index (χ1n) is 3.30. The second kappa shape index (κ2) is 2.90. The van der Waals surface area contributed by atoms with Crippen molar-refractivity contribution in [2.45, 2.75) is 5.66 Å². The van der Waals surface area contributed by atoms with E-state index >= 15 is 0 Å². The molecule has 0 spiro atoms. The maximum Gasteiger partial charge on any atom is 0.314 e. The van der Waals surface area contributed by atoms with Crippen LogP contribution >= 0.6 is 11.6 Å². The van der Waals surface area contributed by atoms with Crippen LogP contribution in [-0.4, -0.2) is 16.7 Å². The molecule has 0 fully saturated rings. The zero-order valence-corrected chi connectivity index (χ0v) is 6.95. The van der Waals surface area contributed by atoms with Crippen molar-refractivity contribution in [2.24, 2.45) is 17.4 Å². The predicted molar refractivity (Wildman–Crippen MR) is 45.3 cm³/mol. The summed E-state index contributed by atoms with van der Waals surface area (Å²) in [5.74, 6) is -2.04. The number of carboxylic acids is 1. The summed E-state index contributed by atoms with van der Waals surface area (Å²) in [5.41, 5.74) is 9.64. The van der Waals surface area contributed by atoms with Crippen LogP contribution in [0.2, 0.25) is 0 Å². The number of nitrogens with two attached hydrogens (primary N) is 2. The summed E-state index contributed by atoms with van der Waals surface area (Å²) in [6.07, 6.45) is 4.19. The number of hydrogen-bond donors (Lipinski definition) is 3. The lowest BCUT2D eigenvalue weighted by Gasteiger charge is -2.28. The summed E-state index contributed by atoms with van der Waals surface area (Å²) < 4.78 is 0. The van der Waals surface area contributed by atoms with Gasteiger partial charge < -0.3 is 16.6 Å². The van der Waals surface area contributed by atoms with Crippen LogP contribution in [-0.2, 0) is 4.79 Å². The molecule has 0 aromatic carbocycles. The smallest absolute Gasteiger partial charge is 0.314 e. The fraction of sp³-hybridized carbons (Fsp3) is 0.286. The summed E-state index contributed by atoms with van der Waals surface area (Å²) in [6, 6.07) is 0. The Bertz CT molecular complexity index is 271. The lowest BCUT2D eigenvalue weighted by molar-refractivity contribution is -0.141. The minimum Gasteiger partial charge on any atom is -0.481 e. The fourth-order valence-electron chi connectivity index (χ4n) is 0.972. The van der Waals surface area contributed by atoms with Crippen LogP contribution in [0, 0.1) is 5.92 Å². The Morgan fingerprint density at radius 2 is 2.25 bits per heavy atom. The van der Waals surface area contributed by atoms with Crippen LogP contribution in [0.1, 0.15) is 0 Å². The molecule has 0 bridgehead atoms. The van der Waals surface area contributed by atoms with E-state index in [-0.39, 0.29) is 0 Å². The van der Waals surface area contributed by atoms with Crippen molar-refractivity contribution in [2.75, 3.05) is 0 Å². The molecule has 0 aromatic heterocycles. The number of carbonyl (C=O) groups is 1. The molecule has 0 aromatic rings. The molecule has 0 amide bonds. The van der Waals surface area contributed by atoms with Gasteiger partial charge >= 0.3 is 5.97 Å². The molecule has 0 heterocycles. The van der Waals surface area contributed by atoms with Crippen molar-refractivity contribution in [3.63, 3.8) is 0 Å². The summed E-state index contributed by atoms with van der Waals surface area (Å²) in [4.78, 5) is 10.6. The lowest BCUT2D eigenvalue weighted by Crippen LogP contribution is -2.56. The Balaban J connectivity index is 2.98. The Morgan fingerprint density at radius 1 is 1.67 bits per heavy atom. The third-order valence-corrected chi connectivity index (χ3v) is 1.91. The van der Waals surface area contributed by atoms with Crippen molar-refractivity contribution in [3.8, 4) is 0 Å². The first kappa shape index (κ1) is 9.25. The topological polar surface area (TPSA) is 89.3 Å². The molecule has 1 rings (SSSR count). The molecule has 0 saturated heterocycles. The van der Waals surface area contributed by atoms with E-state index in [4.69, 9.17) is 28.2 Å². The van der Waals surface area contributed by atoms with Crippen molar-refractivity contribution < 1.29 is 9.90 Å². The molecule has 1 atom stereocenters. The summed E-state index contributed by atoms with van der Waals surface area (Å²) >= 11 is 5.58. The standard InChI is InChI=1S/C7H9ClN2O2/c8-4-1-2-7(9,10)5(3-4)6(11)12/h1-3,5H,9-10H2,(H,11,12). The number of halogens is 1. The molecule has 0 aliphatic heterocycles. The van der Waals surface area contributed by atoms with Crippen LogP contribution < -0.4 is 11.5 Å². The van der Waals surface area contributed by atoms with Crippen LogP contribution in [0.3, 0.4) is 0 Å². The second-order valence-corrected chi connectivity index (χ2v) is 3.14. The van der Waals surface area contributed by atoms with Gasteiger partial charge in [0.05, 0.1) is 0 Å². The molecule has 0 saturated carbocycles. The molecule has 1 aliphatic rings. The van der Waals surface area contributed by atoms with Gasteiger partial charge in [0.15, 0.2) is 0 Å². The van der Waals surface area contributed by atoms with Crippen LogP contribution in [0.15, 0.2) is 23.3 Å². The van der Waals surface area contributed by atoms with Crippen LogP contribution in [0.25, 0.3) is 0 Å². The van der Waals surface area contributed by atoms with E-state index in [2.05, 4.69) is 0 Å². The van der Waals surface area contributed by atoms with E-state index in [9.17, 15) is 4.79 Å². The molecule has 5 N–H and O–H groups in total. The van der Waals surface area contributed by atoms with Gasteiger partial charge in [-0.25, -0.2) is 0 Å². The maximum absolute atomic E-state index is 10.6. The number of allylic oxidation sites excluding steroid dienone is 2. The largest absolute Gasteiger partial charge is 0.481 e. The molecular formula is C7H9ClN2O2. The third-order valence-electron chi connectivity index (χ3n) is 1.66. The summed E-state index contributed by atoms with van der Waals surface area (Å²) in [6.45, 7) is 0. The van der Waals surface area contributed by atoms with Crippen molar-refractivity contribution in [1.82, 2.24) is 0 Å². The van der Waals surface area contributed by atoms with Gasteiger partial charge in [0.2, 0.25) is 0 Å². The Hall–Kier alpha value is -0.840. The van der Waals surface area contributed by atoms with Gasteiger partial charge in [-0.15, -0.1) is 0 Å². The minimum absolute atomic E-state index is 0.342. The molecule has 12 heavy (non-hydrogen) atoms. The molecule has 4 nitrogen and oxygen atoms in total. The second-order valence-electron chi connectivity index (χ2n) is 2.70. The molecule has 0 radical (unpaired) electrons. The van der Waals surface area contributed by atoms with E-state index in [1.807, 2.05) is 0 Å². The van der Waals surface area contributed by atoms with E-state index in [0.29, 0.717) is 5.03 Å². The van der Waals surface area contributed by atoms with E-state index in [1.54, 1.807) is 0 Å². The third kappa shape index (κ3) is 1.66. The van der Waals surface area contributed by atoms with Gasteiger partial charge in [-0.3, -0.25) is 4.79 Å². The normalized spacial score (nSPS) is 26.6. The van der Waals surface area contributed by atoms with Gasteiger partial charge in [0, 0.05) is 5.03 Å². The lowest BCUT2D eigenvalue weighted by atomic mass is 9.90. The molecule has 66 valence electrons. The average molecular weight is 189 g/mol. The quantitative estimate of drug-likeness (QED) is 0.505. The van der Waals surface area contributed by atoms with E-state index < -0.39 is 17.6 Å². The highest BCUT2D eigenvalue weighted by Gasteiger charge is 2.34. The molecule has 1 unspecified atom stereocenters. The minimum atomic E-state index is -1.34. The van der Waals surface area contributed by atoms with E-state index in [1.165, 1.54) is 18.2 Å². The van der Waals surface area contributed by atoms with Crippen molar-refractivity contribution in [3.05, 3.63) is 23.3 Å².